The molecule has 2 aromatic rings. The fraction of sp³-hybridized carbons (Fsp3) is 0.125. The second-order valence-electron chi connectivity index (χ2n) is 4.61. The Balaban J connectivity index is 1.77. The molecule has 0 aliphatic carbocycles. The summed E-state index contributed by atoms with van der Waals surface area (Å²) in [6.07, 6.45) is 0. The number of hydrogen-bond donors (Lipinski definition) is 2. The molecule has 2 aromatic carbocycles. The van der Waals surface area contributed by atoms with Gasteiger partial charge in [0.2, 0.25) is 11.8 Å². The molecule has 0 bridgehead atoms. The van der Waals surface area contributed by atoms with Gasteiger partial charge in [0.25, 0.3) is 0 Å². The Labute approximate surface area is 138 Å². The summed E-state index contributed by atoms with van der Waals surface area (Å²) >= 11 is 7.34. The summed E-state index contributed by atoms with van der Waals surface area (Å²) in [4.78, 5) is 22.8. The second-order valence-corrected chi connectivity index (χ2v) is 6.03. The van der Waals surface area contributed by atoms with Crippen molar-refractivity contribution in [2.45, 2.75) is 5.75 Å². The maximum atomic E-state index is 11.8. The molecule has 6 heteroatoms. The first-order valence-electron chi connectivity index (χ1n) is 6.56. The number of hydrogen-bond acceptors (Lipinski definition) is 3. The van der Waals surface area contributed by atoms with Crippen LogP contribution in [0.4, 0.5) is 5.69 Å². The first-order valence-corrected chi connectivity index (χ1v) is 8.10. The molecule has 0 aliphatic rings. The number of carbonyl (C=O) groups excluding carboxylic acids is 2. The van der Waals surface area contributed by atoms with Crippen LogP contribution >= 0.6 is 23.4 Å². The third-order valence-electron chi connectivity index (χ3n) is 2.87. The van der Waals surface area contributed by atoms with Gasteiger partial charge in [0, 0.05) is 22.0 Å². The number of rotatable bonds is 6. The van der Waals surface area contributed by atoms with Crippen molar-refractivity contribution < 1.29 is 9.59 Å². The third kappa shape index (κ3) is 5.09. The number of primary amides is 1. The maximum absolute atomic E-state index is 11.8. The van der Waals surface area contributed by atoms with E-state index in [1.165, 1.54) is 11.8 Å². The van der Waals surface area contributed by atoms with Crippen LogP contribution in [0.5, 0.6) is 0 Å². The van der Waals surface area contributed by atoms with Crippen LogP contribution in [-0.4, -0.2) is 17.6 Å². The van der Waals surface area contributed by atoms with Gasteiger partial charge < -0.3 is 11.1 Å². The Bertz CT molecular complexity index is 657. The van der Waals surface area contributed by atoms with Crippen LogP contribution in [0.15, 0.2) is 48.5 Å². The Hall–Kier alpha value is -1.98. The number of nitrogens with one attached hydrogen (secondary N) is 1. The largest absolute Gasteiger partial charge is 0.366 e. The van der Waals surface area contributed by atoms with E-state index in [1.54, 1.807) is 24.3 Å². The lowest BCUT2D eigenvalue weighted by atomic mass is 10.2. The number of anilines is 1. The molecule has 0 aromatic heterocycles. The van der Waals surface area contributed by atoms with Crippen LogP contribution in [-0.2, 0) is 10.5 Å². The molecule has 0 spiro atoms. The molecule has 2 rings (SSSR count). The van der Waals surface area contributed by atoms with Gasteiger partial charge in [-0.15, -0.1) is 11.8 Å². The standard InChI is InChI=1S/C16H15ClN2O2S/c17-13-5-1-11(2-6-13)9-22-10-15(20)19-14-7-3-12(4-8-14)16(18)21/h1-8H,9-10H2,(H2,18,21)(H,19,20). The lowest BCUT2D eigenvalue weighted by Crippen LogP contribution is -2.15. The second kappa shape index (κ2) is 7.87. The van der Waals surface area contributed by atoms with E-state index in [-0.39, 0.29) is 5.91 Å². The van der Waals surface area contributed by atoms with Gasteiger partial charge >= 0.3 is 0 Å². The highest BCUT2D eigenvalue weighted by atomic mass is 35.5. The van der Waals surface area contributed by atoms with Crippen molar-refractivity contribution in [3.8, 4) is 0 Å². The Kier molecular flexibility index (Phi) is 5.86. The van der Waals surface area contributed by atoms with Gasteiger partial charge in [0.15, 0.2) is 0 Å². The molecule has 0 saturated carbocycles. The Morgan fingerprint density at radius 1 is 1.05 bits per heavy atom. The molecule has 114 valence electrons. The average molecular weight is 335 g/mol. The van der Waals surface area contributed by atoms with E-state index in [1.807, 2.05) is 24.3 Å². The Morgan fingerprint density at radius 2 is 1.68 bits per heavy atom. The minimum absolute atomic E-state index is 0.0919. The number of halogens is 1. The molecule has 2 amide bonds. The molecule has 0 unspecified atom stereocenters. The van der Waals surface area contributed by atoms with E-state index in [2.05, 4.69) is 5.32 Å². The first-order chi connectivity index (χ1) is 10.5. The predicted octanol–water partition coefficient (Wildman–Crippen LogP) is 3.31. The van der Waals surface area contributed by atoms with E-state index < -0.39 is 5.91 Å². The van der Waals surface area contributed by atoms with Crippen molar-refractivity contribution in [3.05, 3.63) is 64.7 Å². The topological polar surface area (TPSA) is 72.2 Å². The average Bonchev–Trinajstić information content (AvgIpc) is 2.50. The zero-order valence-electron chi connectivity index (χ0n) is 11.7. The predicted molar refractivity (Wildman–Crippen MR) is 91.2 cm³/mol. The van der Waals surface area contributed by atoms with Crippen LogP contribution in [0.25, 0.3) is 0 Å². The molecule has 0 saturated heterocycles. The quantitative estimate of drug-likeness (QED) is 0.851. The van der Waals surface area contributed by atoms with Crippen LogP contribution in [0.3, 0.4) is 0 Å². The van der Waals surface area contributed by atoms with E-state index in [4.69, 9.17) is 17.3 Å². The van der Waals surface area contributed by atoms with Gasteiger partial charge in [-0.05, 0) is 42.0 Å². The van der Waals surface area contributed by atoms with Crippen molar-refractivity contribution in [2.75, 3.05) is 11.1 Å². The van der Waals surface area contributed by atoms with Gasteiger partial charge in [-0.25, -0.2) is 0 Å². The minimum atomic E-state index is -0.489. The summed E-state index contributed by atoms with van der Waals surface area (Å²) in [5.74, 6) is 0.507. The molecule has 0 radical (unpaired) electrons. The smallest absolute Gasteiger partial charge is 0.248 e. The number of amides is 2. The SMILES string of the molecule is NC(=O)c1ccc(NC(=O)CSCc2ccc(Cl)cc2)cc1. The molecular formula is C16H15ClN2O2S. The van der Waals surface area contributed by atoms with Gasteiger partial charge in [-0.1, -0.05) is 23.7 Å². The van der Waals surface area contributed by atoms with Gasteiger partial charge in [-0.2, -0.15) is 0 Å². The molecule has 3 N–H and O–H groups in total. The number of benzene rings is 2. The van der Waals surface area contributed by atoms with Gasteiger partial charge in [0.05, 0.1) is 5.75 Å². The number of nitrogens with two attached hydrogens (primary N) is 1. The zero-order valence-corrected chi connectivity index (χ0v) is 13.3. The van der Waals surface area contributed by atoms with Crippen molar-refractivity contribution in [2.24, 2.45) is 5.73 Å². The number of thioether (sulfide) groups is 1. The van der Waals surface area contributed by atoms with Crippen LogP contribution in [0.1, 0.15) is 15.9 Å². The van der Waals surface area contributed by atoms with Crippen molar-refractivity contribution in [1.82, 2.24) is 0 Å². The minimum Gasteiger partial charge on any atom is -0.366 e. The van der Waals surface area contributed by atoms with Gasteiger partial charge in [-0.3, -0.25) is 9.59 Å². The molecule has 0 atom stereocenters. The lowest BCUT2D eigenvalue weighted by molar-refractivity contribution is -0.113. The molecule has 22 heavy (non-hydrogen) atoms. The van der Waals surface area contributed by atoms with Crippen molar-refractivity contribution in [1.29, 1.82) is 0 Å². The lowest BCUT2D eigenvalue weighted by Gasteiger charge is -2.06. The van der Waals surface area contributed by atoms with Crippen LogP contribution < -0.4 is 11.1 Å². The molecular weight excluding hydrogens is 320 g/mol. The van der Waals surface area contributed by atoms with E-state index >= 15 is 0 Å². The monoisotopic (exact) mass is 334 g/mol. The summed E-state index contributed by atoms with van der Waals surface area (Å²) in [6, 6.07) is 14.0. The summed E-state index contributed by atoms with van der Waals surface area (Å²) in [7, 11) is 0. The highest BCUT2D eigenvalue weighted by molar-refractivity contribution is 7.99. The first kappa shape index (κ1) is 16.4. The molecule has 0 aliphatic heterocycles. The van der Waals surface area contributed by atoms with E-state index in [0.29, 0.717) is 22.0 Å². The van der Waals surface area contributed by atoms with Crippen LogP contribution in [0, 0.1) is 0 Å². The summed E-state index contributed by atoms with van der Waals surface area (Å²) in [6.45, 7) is 0. The summed E-state index contributed by atoms with van der Waals surface area (Å²) in [5, 5.41) is 3.47. The van der Waals surface area contributed by atoms with Gasteiger partial charge in [0.1, 0.15) is 0 Å². The molecule has 0 fully saturated rings. The Morgan fingerprint density at radius 3 is 2.27 bits per heavy atom. The summed E-state index contributed by atoms with van der Waals surface area (Å²) < 4.78 is 0. The summed E-state index contributed by atoms with van der Waals surface area (Å²) in [5.41, 5.74) is 7.33. The van der Waals surface area contributed by atoms with Crippen molar-refractivity contribution in [3.63, 3.8) is 0 Å². The van der Waals surface area contributed by atoms with E-state index in [0.717, 1.165) is 11.3 Å². The maximum Gasteiger partial charge on any atom is 0.248 e. The van der Waals surface area contributed by atoms with E-state index in [9.17, 15) is 9.59 Å². The third-order valence-corrected chi connectivity index (χ3v) is 4.12. The van der Waals surface area contributed by atoms with Crippen molar-refractivity contribution >= 4 is 40.9 Å². The number of carbonyl (C=O) groups is 2. The van der Waals surface area contributed by atoms with Crippen LogP contribution in [0.2, 0.25) is 5.02 Å². The fourth-order valence-corrected chi connectivity index (χ4v) is 2.67. The zero-order chi connectivity index (χ0) is 15.9. The highest BCUT2D eigenvalue weighted by Crippen LogP contribution is 2.16. The fourth-order valence-electron chi connectivity index (χ4n) is 1.76. The highest BCUT2D eigenvalue weighted by Gasteiger charge is 2.04. The molecule has 4 nitrogen and oxygen atoms in total. The molecule has 0 heterocycles. The normalized spacial score (nSPS) is 10.2.